The molecule has 0 aliphatic carbocycles. The van der Waals surface area contributed by atoms with E-state index < -0.39 is 23.2 Å². The van der Waals surface area contributed by atoms with Gasteiger partial charge in [0.05, 0.1) is 45.4 Å². The Morgan fingerprint density at radius 2 is 1.93 bits per heavy atom. The number of hydrogen-bond acceptors (Lipinski definition) is 8. The number of aromatic hydroxyl groups is 1. The first-order chi connectivity index (χ1) is 20.9. The van der Waals surface area contributed by atoms with Crippen molar-refractivity contribution in [1.82, 2.24) is 19.9 Å². The van der Waals surface area contributed by atoms with Crippen LogP contribution in [-0.4, -0.2) is 66.6 Å². The Balaban J connectivity index is 1.47. The maximum absolute atomic E-state index is 14.3. The smallest absolute Gasteiger partial charge is 0.408 e. The molecule has 1 amide bonds. The summed E-state index contributed by atoms with van der Waals surface area (Å²) in [7, 11) is 0. The van der Waals surface area contributed by atoms with Gasteiger partial charge in [-0.2, -0.15) is 0 Å². The Hall–Kier alpha value is -4.51. The molecule has 0 unspecified atom stereocenters. The summed E-state index contributed by atoms with van der Waals surface area (Å²) in [5.74, 6) is -0.935. The van der Waals surface area contributed by atoms with Crippen molar-refractivity contribution in [2.75, 3.05) is 23.3 Å². The average molecular weight is 621 g/mol. The van der Waals surface area contributed by atoms with Crippen LogP contribution < -0.4 is 10.2 Å². The highest BCUT2D eigenvalue weighted by atomic mass is 35.5. The van der Waals surface area contributed by atoms with Crippen LogP contribution in [0.5, 0.6) is 5.75 Å². The Morgan fingerprint density at radius 1 is 1.16 bits per heavy atom. The Labute approximate surface area is 259 Å². The van der Waals surface area contributed by atoms with Gasteiger partial charge in [-0.3, -0.25) is 14.7 Å². The highest BCUT2D eigenvalue weighted by Crippen LogP contribution is 2.35. The molecule has 1 saturated heterocycles. The summed E-state index contributed by atoms with van der Waals surface area (Å²) < 4.78 is 14.3. The van der Waals surface area contributed by atoms with Gasteiger partial charge in [0.25, 0.3) is 0 Å². The number of nitrogens with one attached hydrogen (secondary N) is 1. The van der Waals surface area contributed by atoms with Crippen LogP contribution in [0, 0.1) is 5.82 Å². The van der Waals surface area contributed by atoms with Crippen molar-refractivity contribution in [3.05, 3.63) is 65.2 Å². The fourth-order valence-electron chi connectivity index (χ4n) is 5.62. The van der Waals surface area contributed by atoms with Crippen molar-refractivity contribution in [1.29, 1.82) is 0 Å². The number of piperidine rings is 1. The number of Topliss-reactive ketones (excluding diaryl/α,β-unsaturated/α-hetero) is 1. The number of carbonyl (C=O) groups excluding carboxylic acids is 1. The first kappa shape index (κ1) is 30.9. The summed E-state index contributed by atoms with van der Waals surface area (Å²) in [4.78, 5) is 42.4. The van der Waals surface area contributed by atoms with E-state index in [0.717, 1.165) is 31.3 Å². The number of fused-ring (bicyclic) bond motifs is 1. The van der Waals surface area contributed by atoms with E-state index in [0.29, 0.717) is 45.8 Å². The van der Waals surface area contributed by atoms with Gasteiger partial charge in [-0.15, -0.1) is 0 Å². The van der Waals surface area contributed by atoms with Gasteiger partial charge in [0, 0.05) is 36.8 Å². The second-order valence-electron chi connectivity index (χ2n) is 11.8. The second-order valence-corrected chi connectivity index (χ2v) is 12.2. The largest absolute Gasteiger partial charge is 0.504 e. The van der Waals surface area contributed by atoms with Gasteiger partial charge in [-0.1, -0.05) is 18.5 Å². The summed E-state index contributed by atoms with van der Waals surface area (Å²) >= 11 is 6.01. The highest BCUT2D eigenvalue weighted by molar-refractivity contribution is 6.32. The molecule has 1 aliphatic rings. The number of hydrogen-bond donors (Lipinski definition) is 3. The molecule has 1 atom stereocenters. The highest BCUT2D eigenvalue weighted by Gasteiger charge is 2.36. The molecule has 230 valence electrons. The number of nitrogens with zero attached hydrogens (tertiary/aromatic N) is 5. The maximum Gasteiger partial charge on any atom is 0.408 e. The van der Waals surface area contributed by atoms with Crippen LogP contribution in [0.3, 0.4) is 0 Å². The average Bonchev–Trinajstić information content (AvgIpc) is 2.98. The van der Waals surface area contributed by atoms with Crippen LogP contribution in [-0.2, 0) is 0 Å². The maximum atomic E-state index is 14.3. The number of phenolic OH excluding ortho intramolecular Hbond substituents is 1. The van der Waals surface area contributed by atoms with E-state index in [9.17, 15) is 24.2 Å². The molecule has 1 fully saturated rings. The number of carbonyl (C=O) groups is 2. The molecule has 0 radical (unpaired) electrons. The molecule has 10 nitrogen and oxygen atoms in total. The predicted molar refractivity (Wildman–Crippen MR) is 169 cm³/mol. The molecular weight excluding hydrogens is 587 g/mol. The fourth-order valence-corrected chi connectivity index (χ4v) is 5.83. The first-order valence-corrected chi connectivity index (χ1v) is 14.8. The Morgan fingerprint density at radius 3 is 2.57 bits per heavy atom. The van der Waals surface area contributed by atoms with Crippen molar-refractivity contribution in [2.45, 2.75) is 58.5 Å². The lowest BCUT2D eigenvalue weighted by molar-refractivity contribution is 0.0647. The normalized spacial score (nSPS) is 15.3. The van der Waals surface area contributed by atoms with Gasteiger partial charge in [0.1, 0.15) is 11.3 Å². The quantitative estimate of drug-likeness (QED) is 0.182. The number of anilines is 3. The van der Waals surface area contributed by atoms with Gasteiger partial charge < -0.3 is 20.4 Å². The summed E-state index contributed by atoms with van der Waals surface area (Å²) in [6, 6.07) is 9.48. The Bertz CT molecular complexity index is 1700. The van der Waals surface area contributed by atoms with Crippen molar-refractivity contribution >= 4 is 51.7 Å². The van der Waals surface area contributed by atoms with Gasteiger partial charge in [-0.25, -0.2) is 19.2 Å². The third-order valence-corrected chi connectivity index (χ3v) is 7.97. The Kier molecular flexibility index (Phi) is 8.60. The number of aromatic nitrogens is 3. The van der Waals surface area contributed by atoms with Crippen LogP contribution in [0.4, 0.5) is 26.4 Å². The van der Waals surface area contributed by atoms with Crippen LogP contribution in [0.25, 0.3) is 22.3 Å². The summed E-state index contributed by atoms with van der Waals surface area (Å²) in [5, 5.41) is 22.8. The zero-order valence-electron chi connectivity index (χ0n) is 24.9. The number of phenols is 1. The van der Waals surface area contributed by atoms with E-state index in [1.807, 2.05) is 32.9 Å². The van der Waals surface area contributed by atoms with Gasteiger partial charge in [0.2, 0.25) is 0 Å². The van der Waals surface area contributed by atoms with E-state index in [-0.39, 0.29) is 23.3 Å². The molecule has 3 aromatic heterocycles. The lowest BCUT2D eigenvalue weighted by Crippen LogP contribution is -2.57. The number of halogens is 2. The summed E-state index contributed by atoms with van der Waals surface area (Å²) in [6.07, 6.45) is 4.09. The van der Waals surface area contributed by atoms with E-state index in [4.69, 9.17) is 16.6 Å². The van der Waals surface area contributed by atoms with Crippen LogP contribution in [0.1, 0.15) is 57.3 Å². The van der Waals surface area contributed by atoms with Gasteiger partial charge in [0.15, 0.2) is 17.3 Å². The molecule has 0 spiro atoms. The monoisotopic (exact) mass is 620 g/mol. The minimum Gasteiger partial charge on any atom is -0.504 e. The minimum atomic E-state index is -0.936. The number of benzene rings is 1. The lowest BCUT2D eigenvalue weighted by Gasteiger charge is -2.44. The van der Waals surface area contributed by atoms with Crippen molar-refractivity contribution in [3.63, 3.8) is 0 Å². The van der Waals surface area contributed by atoms with Crippen LogP contribution >= 0.6 is 11.6 Å². The number of amides is 1. The molecule has 0 bridgehead atoms. The number of ketones is 1. The molecule has 5 rings (SSSR count). The SMILES string of the molecule is CCC(=O)c1cnc2ccc(-c3cc(F)c(O)c(Cl)c3)nc2c1Nc1ccc(N2CCC[C@@H](N(C(=O)O)C(C)(C)C)C2)nc1. The molecule has 4 heterocycles. The van der Waals surface area contributed by atoms with E-state index in [1.54, 1.807) is 25.3 Å². The third-order valence-electron chi connectivity index (χ3n) is 7.68. The van der Waals surface area contributed by atoms with Crippen LogP contribution in [0.15, 0.2) is 48.8 Å². The van der Waals surface area contributed by atoms with E-state index in [2.05, 4.69) is 20.2 Å². The third kappa shape index (κ3) is 6.23. The van der Waals surface area contributed by atoms with E-state index >= 15 is 0 Å². The molecule has 4 aromatic rings. The molecule has 0 saturated carbocycles. The van der Waals surface area contributed by atoms with Gasteiger partial charge >= 0.3 is 6.09 Å². The van der Waals surface area contributed by atoms with Gasteiger partial charge in [-0.05, 0) is 70.0 Å². The second kappa shape index (κ2) is 12.2. The standard InChI is InChI=1S/C32H34ClFN6O4/c1-5-26(41)21-16-35-25-10-9-24(18-13-22(33)30(42)23(34)14-18)38-29(25)28(21)37-19-8-11-27(36-15-19)39-12-6-7-20(17-39)40(31(43)44)32(2,3)4/h8-11,13-16,20,42H,5-7,12,17H2,1-4H3,(H,35,37)(H,43,44)/t20-/m1/s1. The lowest BCUT2D eigenvalue weighted by atomic mass is 9.97. The topological polar surface area (TPSA) is 132 Å². The molecule has 1 aromatic carbocycles. The predicted octanol–water partition coefficient (Wildman–Crippen LogP) is 7.27. The minimum absolute atomic E-state index is 0.140. The first-order valence-electron chi connectivity index (χ1n) is 14.4. The number of pyridine rings is 3. The summed E-state index contributed by atoms with van der Waals surface area (Å²) in [6.45, 7) is 8.74. The molecule has 44 heavy (non-hydrogen) atoms. The number of carboxylic acid groups (broad SMARTS) is 1. The van der Waals surface area contributed by atoms with Crippen molar-refractivity contribution in [3.8, 4) is 17.0 Å². The van der Waals surface area contributed by atoms with E-state index in [1.165, 1.54) is 17.2 Å². The van der Waals surface area contributed by atoms with Crippen molar-refractivity contribution < 1.29 is 24.2 Å². The van der Waals surface area contributed by atoms with Crippen molar-refractivity contribution in [2.24, 2.45) is 0 Å². The molecule has 1 aliphatic heterocycles. The molecule has 12 heteroatoms. The fraction of sp³-hybridized carbons (Fsp3) is 0.344. The molecular formula is C32H34ClFN6O4. The summed E-state index contributed by atoms with van der Waals surface area (Å²) in [5.41, 5.74) is 2.49. The molecule has 3 N–H and O–H groups in total. The number of rotatable bonds is 7. The van der Waals surface area contributed by atoms with Crippen LogP contribution in [0.2, 0.25) is 5.02 Å². The zero-order chi connectivity index (χ0) is 31.8. The zero-order valence-corrected chi connectivity index (χ0v) is 25.7.